The van der Waals surface area contributed by atoms with Crippen molar-refractivity contribution in [2.45, 2.75) is 33.4 Å². The Morgan fingerprint density at radius 3 is 2.48 bits per heavy atom. The molecule has 0 fully saturated rings. The molecule has 1 heterocycles. The van der Waals surface area contributed by atoms with Crippen molar-refractivity contribution in [2.24, 2.45) is 0 Å². The largest absolute Gasteiger partial charge is 0.495 e. The highest BCUT2D eigenvalue weighted by Crippen LogP contribution is 2.23. The smallest absolute Gasteiger partial charge is 0.282 e. The first-order valence-corrected chi connectivity index (χ1v) is 9.79. The molecule has 3 rings (SSSR count). The summed E-state index contributed by atoms with van der Waals surface area (Å²) in [6.45, 7) is 6.75. The van der Waals surface area contributed by atoms with Crippen LogP contribution in [-0.2, 0) is 11.3 Å². The molecule has 0 aliphatic carbocycles. The third kappa shape index (κ3) is 4.49. The number of benzene rings is 2. The summed E-state index contributed by atoms with van der Waals surface area (Å²) in [6, 6.07) is 17.3. The lowest BCUT2D eigenvalue weighted by Crippen LogP contribution is -3.12. The molecule has 2 aromatic carbocycles. The molecule has 0 saturated carbocycles. The molecule has 3 aromatic rings. The molecule has 1 aromatic heterocycles. The summed E-state index contributed by atoms with van der Waals surface area (Å²) in [5, 5.41) is 7.70. The topological polar surface area (TPSA) is 60.6 Å². The molecule has 1 amide bonds. The first kappa shape index (κ1) is 20.6. The Labute approximate surface area is 172 Å². The lowest BCUT2D eigenvalue weighted by atomic mass is 10.1. The Balaban J connectivity index is 1.73. The second-order valence-corrected chi connectivity index (χ2v) is 7.33. The molecule has 0 aliphatic heterocycles. The van der Waals surface area contributed by atoms with Crippen LogP contribution in [0.5, 0.6) is 5.75 Å². The summed E-state index contributed by atoms with van der Waals surface area (Å²) in [5.74, 6) is 0.610. The molecule has 1 unspecified atom stereocenters. The number of likely N-dealkylation sites (N-methyl/N-ethyl adjacent to an activating group) is 1. The van der Waals surface area contributed by atoms with Crippen LogP contribution < -0.4 is 15.0 Å². The van der Waals surface area contributed by atoms with E-state index in [0.717, 1.165) is 22.0 Å². The molecule has 152 valence electrons. The van der Waals surface area contributed by atoms with E-state index in [0.29, 0.717) is 18.0 Å². The van der Waals surface area contributed by atoms with E-state index in [1.54, 1.807) is 7.11 Å². The molecule has 0 radical (unpaired) electrons. The molecule has 0 bridgehead atoms. The van der Waals surface area contributed by atoms with Crippen LogP contribution in [0.1, 0.15) is 23.9 Å². The molecule has 0 spiro atoms. The number of aryl methyl sites for hydroxylation is 1. The van der Waals surface area contributed by atoms with Crippen molar-refractivity contribution in [1.29, 1.82) is 0 Å². The normalized spacial score (nSPS) is 13.0. The number of para-hydroxylation sites is 3. The van der Waals surface area contributed by atoms with Crippen molar-refractivity contribution in [3.05, 3.63) is 71.5 Å². The number of aromatic nitrogens is 2. The number of amides is 1. The van der Waals surface area contributed by atoms with Gasteiger partial charge in [0.2, 0.25) is 0 Å². The van der Waals surface area contributed by atoms with Crippen LogP contribution in [0.25, 0.3) is 5.69 Å². The average Bonchev–Trinajstić information content (AvgIpc) is 3.02. The van der Waals surface area contributed by atoms with Crippen molar-refractivity contribution in [2.75, 3.05) is 19.5 Å². The number of hydrogen-bond acceptors (Lipinski definition) is 3. The van der Waals surface area contributed by atoms with E-state index in [2.05, 4.69) is 12.2 Å². The Morgan fingerprint density at radius 2 is 1.79 bits per heavy atom. The van der Waals surface area contributed by atoms with E-state index >= 15 is 0 Å². The van der Waals surface area contributed by atoms with Crippen LogP contribution in [0.3, 0.4) is 0 Å². The summed E-state index contributed by atoms with van der Waals surface area (Å²) in [6.07, 6.45) is 0. The first-order valence-electron chi connectivity index (χ1n) is 9.79. The number of anilines is 1. The van der Waals surface area contributed by atoms with Gasteiger partial charge >= 0.3 is 0 Å². The van der Waals surface area contributed by atoms with Gasteiger partial charge in [-0.15, -0.1) is 0 Å². The van der Waals surface area contributed by atoms with Crippen LogP contribution in [0, 0.1) is 13.8 Å². The zero-order valence-corrected chi connectivity index (χ0v) is 17.7. The van der Waals surface area contributed by atoms with Gasteiger partial charge in [-0.3, -0.25) is 4.79 Å². The molecule has 0 saturated heterocycles. The maximum Gasteiger partial charge on any atom is 0.282 e. The zero-order chi connectivity index (χ0) is 21.0. The molecule has 6 heteroatoms. The first-order chi connectivity index (χ1) is 13.9. The number of nitrogens with zero attached hydrogens (tertiary/aromatic N) is 2. The van der Waals surface area contributed by atoms with Crippen LogP contribution in [-0.4, -0.2) is 35.9 Å². The van der Waals surface area contributed by atoms with Gasteiger partial charge in [0, 0.05) is 0 Å². The Kier molecular flexibility index (Phi) is 6.34. The summed E-state index contributed by atoms with van der Waals surface area (Å²) in [5.41, 5.74) is 4.99. The van der Waals surface area contributed by atoms with Gasteiger partial charge in [0.1, 0.15) is 12.3 Å². The van der Waals surface area contributed by atoms with E-state index in [1.165, 1.54) is 5.56 Å². The van der Waals surface area contributed by atoms with Gasteiger partial charge in [0.05, 0.1) is 42.5 Å². The number of carbonyl (C=O) groups excluding carboxylic acids is 1. The summed E-state index contributed by atoms with van der Waals surface area (Å²) < 4.78 is 7.30. The Hall–Kier alpha value is -3.12. The molecule has 2 N–H and O–H groups in total. The number of rotatable bonds is 7. The van der Waals surface area contributed by atoms with Crippen molar-refractivity contribution >= 4 is 11.6 Å². The fourth-order valence-electron chi connectivity index (χ4n) is 3.40. The number of ether oxygens (including phenoxy) is 1. The minimum absolute atomic E-state index is 0.0437. The van der Waals surface area contributed by atoms with E-state index in [4.69, 9.17) is 9.84 Å². The van der Waals surface area contributed by atoms with E-state index < -0.39 is 0 Å². The minimum Gasteiger partial charge on any atom is -0.495 e. The fourth-order valence-corrected chi connectivity index (χ4v) is 3.40. The monoisotopic (exact) mass is 393 g/mol. The number of hydrogen-bond donors (Lipinski definition) is 2. The minimum atomic E-state index is -0.237. The average molecular weight is 394 g/mol. The quantitative estimate of drug-likeness (QED) is 0.649. The van der Waals surface area contributed by atoms with Gasteiger partial charge in [-0.1, -0.05) is 30.3 Å². The van der Waals surface area contributed by atoms with Gasteiger partial charge in [-0.2, -0.15) is 5.10 Å². The van der Waals surface area contributed by atoms with E-state index in [9.17, 15) is 4.79 Å². The SMILES string of the molecule is COc1ccccc1NC(=O)[C@H](C)[NH+](C)Cc1c(C)nn(-c2ccccc2)c1C. The lowest BCUT2D eigenvalue weighted by molar-refractivity contribution is -0.907. The molecule has 29 heavy (non-hydrogen) atoms. The lowest BCUT2D eigenvalue weighted by Gasteiger charge is -2.22. The third-order valence-corrected chi connectivity index (χ3v) is 5.39. The Morgan fingerprint density at radius 1 is 1.14 bits per heavy atom. The predicted octanol–water partition coefficient (Wildman–Crippen LogP) is 2.54. The van der Waals surface area contributed by atoms with Crippen LogP contribution in [0.15, 0.2) is 54.6 Å². The van der Waals surface area contributed by atoms with E-state index in [-0.39, 0.29) is 11.9 Å². The van der Waals surface area contributed by atoms with Crippen molar-refractivity contribution in [3.63, 3.8) is 0 Å². The summed E-state index contributed by atoms with van der Waals surface area (Å²) in [4.78, 5) is 13.9. The number of carbonyl (C=O) groups is 1. The molecular formula is C23H29N4O2+. The van der Waals surface area contributed by atoms with Gasteiger partial charge in [0.15, 0.2) is 6.04 Å². The third-order valence-electron chi connectivity index (χ3n) is 5.39. The van der Waals surface area contributed by atoms with Crippen LogP contribution in [0.4, 0.5) is 5.69 Å². The highest BCUT2D eigenvalue weighted by molar-refractivity contribution is 5.94. The predicted molar refractivity (Wildman–Crippen MR) is 115 cm³/mol. The standard InChI is InChI=1S/C23H28N4O2/c1-16-20(17(2)27(25-16)19-11-7-6-8-12-19)15-26(4)18(3)23(28)24-21-13-9-10-14-22(21)29-5/h6-14,18H,15H2,1-5H3,(H,24,28)/p+1/t18-/m0/s1. The van der Waals surface area contributed by atoms with Gasteiger partial charge in [-0.05, 0) is 45.0 Å². The van der Waals surface area contributed by atoms with Gasteiger partial charge in [0.25, 0.3) is 5.91 Å². The van der Waals surface area contributed by atoms with Crippen LogP contribution in [0.2, 0.25) is 0 Å². The number of quaternary nitrogens is 1. The second-order valence-electron chi connectivity index (χ2n) is 7.33. The van der Waals surface area contributed by atoms with Crippen molar-refractivity contribution in [1.82, 2.24) is 9.78 Å². The molecule has 2 atom stereocenters. The zero-order valence-electron chi connectivity index (χ0n) is 17.7. The summed E-state index contributed by atoms with van der Waals surface area (Å²) >= 11 is 0. The maximum absolute atomic E-state index is 12.8. The Bertz CT molecular complexity index is 982. The van der Waals surface area contributed by atoms with Gasteiger partial charge < -0.3 is 15.0 Å². The maximum atomic E-state index is 12.8. The van der Waals surface area contributed by atoms with Gasteiger partial charge in [-0.25, -0.2) is 4.68 Å². The summed E-state index contributed by atoms with van der Waals surface area (Å²) in [7, 11) is 3.63. The highest BCUT2D eigenvalue weighted by atomic mass is 16.5. The fraction of sp³-hybridized carbons (Fsp3) is 0.304. The number of methoxy groups -OCH3 is 1. The molecule has 0 aliphatic rings. The van der Waals surface area contributed by atoms with Crippen LogP contribution >= 0.6 is 0 Å². The molecule has 6 nitrogen and oxygen atoms in total. The second kappa shape index (κ2) is 8.92. The van der Waals surface area contributed by atoms with Crippen molar-refractivity contribution < 1.29 is 14.4 Å². The van der Waals surface area contributed by atoms with Crippen molar-refractivity contribution in [3.8, 4) is 11.4 Å². The van der Waals surface area contributed by atoms with E-state index in [1.807, 2.05) is 80.2 Å². The number of nitrogens with one attached hydrogen (secondary N) is 2. The highest BCUT2D eigenvalue weighted by Gasteiger charge is 2.25. The molecular weight excluding hydrogens is 364 g/mol.